The van der Waals surface area contributed by atoms with Gasteiger partial charge in [0, 0.05) is 5.56 Å². The quantitative estimate of drug-likeness (QED) is 0.366. The molecule has 0 aliphatic heterocycles. The van der Waals surface area contributed by atoms with E-state index < -0.39 is 17.9 Å². The normalized spacial score (nSPS) is 10.2. The van der Waals surface area contributed by atoms with Gasteiger partial charge in [-0.1, -0.05) is 35.5 Å². The lowest BCUT2D eigenvalue weighted by atomic mass is 10.1. The van der Waals surface area contributed by atoms with Crippen LogP contribution in [0, 0.1) is 0 Å². The molecule has 0 aliphatic rings. The third-order valence-corrected chi connectivity index (χ3v) is 4.81. The Morgan fingerprint density at radius 3 is 2.16 bits per heavy atom. The lowest BCUT2D eigenvalue weighted by Gasteiger charge is -2.19. The number of carbonyl (C=O) groups is 3. The summed E-state index contributed by atoms with van der Waals surface area (Å²) in [5, 5.41) is 11.5. The summed E-state index contributed by atoms with van der Waals surface area (Å²) in [7, 11) is 1.38. The Morgan fingerprint density at radius 2 is 1.56 bits per heavy atom. The van der Waals surface area contributed by atoms with E-state index in [2.05, 4.69) is 18.1 Å². The summed E-state index contributed by atoms with van der Waals surface area (Å²) in [5.41, 5.74) is 0.513. The van der Waals surface area contributed by atoms with Crippen molar-refractivity contribution in [1.82, 2.24) is 0 Å². The average Bonchev–Trinajstić information content (AvgIpc) is 2.83. The molecule has 0 unspecified atom stereocenters. The van der Waals surface area contributed by atoms with Crippen molar-refractivity contribution in [2.45, 2.75) is 0 Å². The largest absolute Gasteiger partial charge is 0.495 e. The van der Waals surface area contributed by atoms with Crippen molar-refractivity contribution in [2.75, 3.05) is 21.9 Å². The predicted octanol–water partition coefficient (Wildman–Crippen LogP) is 4.81. The third kappa shape index (κ3) is 4.98. The standard InChI is InChI=1S/C22H18FN3O5S/c1-31-19-12-9-15(20(27)25(23)16-5-3-2-4-6-16)13-18(19)24-22(30)26(32)17-10-7-14(8-11-17)21(28)29/h2-13,32H,1H3,(H,24,30)(H,28,29). The summed E-state index contributed by atoms with van der Waals surface area (Å²) in [4.78, 5) is 36.2. The molecule has 0 bridgehead atoms. The molecule has 164 valence electrons. The first-order valence-corrected chi connectivity index (χ1v) is 9.58. The van der Waals surface area contributed by atoms with Crippen molar-refractivity contribution < 1.29 is 28.7 Å². The summed E-state index contributed by atoms with van der Waals surface area (Å²) < 4.78 is 20.7. The van der Waals surface area contributed by atoms with E-state index in [1.54, 1.807) is 18.2 Å². The summed E-state index contributed by atoms with van der Waals surface area (Å²) in [6, 6.07) is 16.6. The van der Waals surface area contributed by atoms with E-state index >= 15 is 0 Å². The maximum Gasteiger partial charge on any atom is 0.336 e. The first kappa shape index (κ1) is 22.6. The van der Waals surface area contributed by atoms with Gasteiger partial charge in [-0.2, -0.15) is 0 Å². The minimum atomic E-state index is -1.10. The number of amides is 3. The van der Waals surface area contributed by atoms with E-state index in [4.69, 9.17) is 9.84 Å². The van der Waals surface area contributed by atoms with Gasteiger partial charge in [-0.25, -0.2) is 13.9 Å². The molecule has 8 nitrogen and oxygen atoms in total. The number of anilines is 3. The summed E-state index contributed by atoms with van der Waals surface area (Å²) in [5.74, 6) is -1.79. The number of carboxylic acid groups (broad SMARTS) is 1. The van der Waals surface area contributed by atoms with E-state index in [-0.39, 0.29) is 33.4 Å². The zero-order chi connectivity index (χ0) is 23.3. The molecule has 0 spiro atoms. The number of methoxy groups -OCH3 is 1. The fourth-order valence-corrected chi connectivity index (χ4v) is 2.94. The number of urea groups is 1. The summed E-state index contributed by atoms with van der Waals surface area (Å²) in [6.45, 7) is 0. The zero-order valence-electron chi connectivity index (χ0n) is 16.7. The highest BCUT2D eigenvalue weighted by molar-refractivity contribution is 7.82. The van der Waals surface area contributed by atoms with Gasteiger partial charge in [-0.15, -0.1) is 5.12 Å². The first-order chi connectivity index (χ1) is 15.3. The van der Waals surface area contributed by atoms with Gasteiger partial charge < -0.3 is 15.2 Å². The SMILES string of the molecule is COc1ccc(C(=O)N(F)c2ccccc2)cc1NC(=O)N(S)c1ccc(C(=O)O)cc1. The Kier molecular flexibility index (Phi) is 6.96. The number of halogens is 1. The smallest absolute Gasteiger partial charge is 0.336 e. The molecule has 0 fully saturated rings. The van der Waals surface area contributed by atoms with Crippen molar-refractivity contribution in [2.24, 2.45) is 0 Å². The van der Waals surface area contributed by atoms with Crippen molar-refractivity contribution in [3.05, 3.63) is 83.9 Å². The summed E-state index contributed by atoms with van der Waals surface area (Å²) in [6.07, 6.45) is 0. The number of hydrogen-bond acceptors (Lipinski definition) is 5. The topological polar surface area (TPSA) is 99.2 Å². The van der Waals surface area contributed by atoms with Crippen LogP contribution in [0.15, 0.2) is 72.8 Å². The fraction of sp³-hybridized carbons (Fsp3) is 0.0455. The van der Waals surface area contributed by atoms with E-state index in [1.165, 1.54) is 61.7 Å². The fourth-order valence-electron chi connectivity index (χ4n) is 2.76. The average molecular weight is 455 g/mol. The lowest BCUT2D eigenvalue weighted by molar-refractivity contribution is 0.0696. The zero-order valence-corrected chi connectivity index (χ0v) is 17.6. The van der Waals surface area contributed by atoms with Gasteiger partial charge in [-0.3, -0.25) is 4.79 Å². The molecule has 3 rings (SSSR count). The number of nitrogens with one attached hydrogen (secondary N) is 1. The molecule has 3 aromatic rings. The molecular formula is C22H18FN3O5S. The summed E-state index contributed by atoms with van der Waals surface area (Å²) >= 11 is 4.14. The molecular weight excluding hydrogens is 437 g/mol. The number of thiol groups is 1. The van der Waals surface area contributed by atoms with Crippen LogP contribution in [-0.4, -0.2) is 30.1 Å². The molecule has 2 N–H and O–H groups in total. The van der Waals surface area contributed by atoms with Gasteiger partial charge in [0.25, 0.3) is 5.91 Å². The monoisotopic (exact) mass is 455 g/mol. The maximum absolute atomic E-state index is 14.5. The van der Waals surface area contributed by atoms with Crippen LogP contribution >= 0.6 is 12.8 Å². The van der Waals surface area contributed by atoms with Gasteiger partial charge in [0.2, 0.25) is 0 Å². The molecule has 0 atom stereocenters. The Balaban J connectivity index is 1.81. The van der Waals surface area contributed by atoms with Gasteiger partial charge in [0.1, 0.15) is 5.75 Å². The number of carbonyl (C=O) groups excluding carboxylic acids is 2. The van der Waals surface area contributed by atoms with Crippen LogP contribution < -0.4 is 19.5 Å². The number of carboxylic acids is 1. The molecule has 0 saturated carbocycles. The van der Waals surface area contributed by atoms with E-state index in [1.807, 2.05) is 0 Å². The number of para-hydroxylation sites is 1. The van der Waals surface area contributed by atoms with Gasteiger partial charge in [0.05, 0.1) is 29.7 Å². The molecule has 3 amide bonds. The van der Waals surface area contributed by atoms with E-state index in [9.17, 15) is 18.9 Å². The molecule has 32 heavy (non-hydrogen) atoms. The maximum atomic E-state index is 14.5. The number of aromatic carboxylic acids is 1. The number of rotatable bonds is 6. The molecule has 10 heteroatoms. The van der Waals surface area contributed by atoms with Crippen LogP contribution in [-0.2, 0) is 0 Å². The van der Waals surface area contributed by atoms with Crippen LogP contribution in [0.25, 0.3) is 0 Å². The molecule has 0 radical (unpaired) electrons. The van der Waals surface area contributed by atoms with Crippen LogP contribution in [0.1, 0.15) is 20.7 Å². The van der Waals surface area contributed by atoms with Crippen LogP contribution in [0.3, 0.4) is 0 Å². The highest BCUT2D eigenvalue weighted by atomic mass is 32.1. The highest BCUT2D eigenvalue weighted by Crippen LogP contribution is 2.28. The Morgan fingerprint density at radius 1 is 0.938 bits per heavy atom. The Labute approximate surface area is 188 Å². The second kappa shape index (κ2) is 9.84. The molecule has 3 aromatic carbocycles. The number of hydrogen-bond donors (Lipinski definition) is 3. The van der Waals surface area contributed by atoms with Crippen molar-refractivity contribution in [1.29, 1.82) is 0 Å². The molecule has 0 heterocycles. The van der Waals surface area contributed by atoms with Gasteiger partial charge >= 0.3 is 12.0 Å². The molecule has 0 aromatic heterocycles. The highest BCUT2D eigenvalue weighted by Gasteiger charge is 2.21. The minimum absolute atomic E-state index is 0.00231. The van der Waals surface area contributed by atoms with Crippen molar-refractivity contribution >= 4 is 47.8 Å². The predicted molar refractivity (Wildman–Crippen MR) is 121 cm³/mol. The third-order valence-electron chi connectivity index (χ3n) is 4.40. The Bertz CT molecular complexity index is 1140. The van der Waals surface area contributed by atoms with Crippen LogP contribution in [0.2, 0.25) is 0 Å². The molecule has 0 aliphatic carbocycles. The number of ether oxygens (including phenoxy) is 1. The second-order valence-electron chi connectivity index (χ2n) is 6.43. The van der Waals surface area contributed by atoms with Crippen LogP contribution in [0.4, 0.5) is 26.3 Å². The Hall–Kier alpha value is -4.05. The van der Waals surface area contributed by atoms with Crippen molar-refractivity contribution in [3.8, 4) is 5.75 Å². The number of nitrogens with zero attached hydrogens (tertiary/aromatic N) is 2. The van der Waals surface area contributed by atoms with E-state index in [0.29, 0.717) is 5.69 Å². The second-order valence-corrected chi connectivity index (χ2v) is 6.83. The first-order valence-electron chi connectivity index (χ1n) is 9.18. The van der Waals surface area contributed by atoms with Gasteiger partial charge in [-0.05, 0) is 54.6 Å². The minimum Gasteiger partial charge on any atom is -0.495 e. The lowest BCUT2D eigenvalue weighted by Crippen LogP contribution is -2.27. The van der Waals surface area contributed by atoms with E-state index in [0.717, 1.165) is 4.31 Å². The van der Waals surface area contributed by atoms with Gasteiger partial charge in [0.15, 0.2) is 0 Å². The molecule has 0 saturated heterocycles. The van der Waals surface area contributed by atoms with Crippen molar-refractivity contribution in [3.63, 3.8) is 0 Å². The number of benzene rings is 3. The van der Waals surface area contributed by atoms with Crippen LogP contribution in [0.5, 0.6) is 5.75 Å².